The third kappa shape index (κ3) is 49.2. The van der Waals surface area contributed by atoms with Crippen molar-refractivity contribution in [3.05, 3.63) is 243 Å². The van der Waals surface area contributed by atoms with Crippen molar-refractivity contribution in [3.63, 3.8) is 0 Å². The van der Waals surface area contributed by atoms with Gasteiger partial charge in [0.15, 0.2) is 35.6 Å². The SMILES string of the molecule is CCCCCCCCCCCCCCC(O)c1cccc(C)c1OCc1ccccc1.CCCCCCCCCCCCCCCc1cccc(C)c1OCc1ccccc1.CCCCCCCCCCCCCCCc1cccc(O)c1O.CCOC(C)=O.Cc1cccc(C=O)c1OCc1ccccc1.O=Cc1cccc(O)c1O. The fraction of sp³-hybridized carbons (Fsp3) is 0.514. The number of phenols is 4. The molecule has 0 aliphatic rings. The van der Waals surface area contributed by atoms with Crippen LogP contribution in [0.25, 0.3) is 0 Å². The zero-order valence-electron chi connectivity index (χ0n) is 73.5. The number of esters is 1. The molecule has 0 aliphatic heterocycles. The van der Waals surface area contributed by atoms with E-state index in [1.807, 2.05) is 85.8 Å². The van der Waals surface area contributed by atoms with Crippen molar-refractivity contribution >= 4 is 18.5 Å². The van der Waals surface area contributed by atoms with Gasteiger partial charge < -0.3 is 44.5 Å². The number of benzene rings is 8. The van der Waals surface area contributed by atoms with E-state index in [4.69, 9.17) is 24.4 Å². The third-order valence-corrected chi connectivity index (χ3v) is 21.0. The fourth-order valence-electron chi connectivity index (χ4n) is 14.0. The van der Waals surface area contributed by atoms with E-state index in [-0.39, 0.29) is 34.5 Å². The van der Waals surface area contributed by atoms with E-state index < -0.39 is 6.10 Å². The van der Waals surface area contributed by atoms with Crippen molar-refractivity contribution < 1.29 is 58.9 Å². The molecule has 0 heterocycles. The van der Waals surface area contributed by atoms with Gasteiger partial charge >= 0.3 is 5.97 Å². The van der Waals surface area contributed by atoms with Crippen molar-refractivity contribution in [2.24, 2.45) is 0 Å². The molecule has 0 aliphatic carbocycles. The number of phenolic OH excluding ortho intramolecular Hbond substituents is 4. The molecule has 0 saturated carbocycles. The van der Waals surface area contributed by atoms with Gasteiger partial charge in [-0.25, -0.2) is 0 Å². The number of unbranched alkanes of at least 4 members (excludes halogenated alkanes) is 35. The van der Waals surface area contributed by atoms with Gasteiger partial charge in [0.25, 0.3) is 0 Å². The Hall–Kier alpha value is -8.87. The maximum Gasteiger partial charge on any atom is 0.302 e. The largest absolute Gasteiger partial charge is 0.504 e. The van der Waals surface area contributed by atoms with Crippen molar-refractivity contribution in [2.75, 3.05) is 6.61 Å². The van der Waals surface area contributed by atoms with Crippen LogP contribution in [0.1, 0.15) is 362 Å². The summed E-state index contributed by atoms with van der Waals surface area (Å²) in [4.78, 5) is 30.8. The van der Waals surface area contributed by atoms with E-state index in [0.29, 0.717) is 44.0 Å². The molecule has 0 fully saturated rings. The maximum atomic E-state index is 10.9. The monoisotopic (exact) mass is 1610 g/mol. The Morgan fingerprint density at radius 1 is 0.325 bits per heavy atom. The molecule has 0 saturated heterocycles. The minimum atomic E-state index is -0.450. The minimum Gasteiger partial charge on any atom is -0.504 e. The standard InChI is InChI=1S/C29H44O2.C29H44O.C21H36O2.C15H14O2.C7H6O3.C4H8O2/c1-3-4-5-6-7-8-9-10-11-12-13-17-23-28(30)27-22-18-19-25(2)29(27)31-24-26-20-15-14-16-21-26;1-3-4-5-6-7-8-9-10-11-12-13-14-18-23-28-24-19-20-26(2)29(28)30-25-27-21-16-15-17-22-27;1-2-3-4-5-6-7-8-9-10-11-12-13-14-16-19-17-15-18-20(22)21(19)23;1-12-6-5-9-14(10-16)15(12)17-11-13-7-3-2-4-8-13;8-4-5-2-1-3-6(9)7(5)10;1-3-6-4(2)5/h14-16,18-22,28,30H,3-13,17,23-24H2,1-2H3;15-17,19-22,24H,3-14,18,23,25H2,1-2H3;15,17-18,22-23H,2-14,16H2,1H3;2-10H,11H2,1H3;1-4,9-10H;3H2,1-2H3. The Labute approximate surface area is 708 Å². The van der Waals surface area contributed by atoms with Gasteiger partial charge in [-0.15, -0.1) is 0 Å². The van der Waals surface area contributed by atoms with E-state index in [2.05, 4.69) is 106 Å². The molecule has 0 bridgehead atoms. The highest BCUT2D eigenvalue weighted by Gasteiger charge is 2.17. The first-order valence-electron chi connectivity index (χ1n) is 45.1. The number of para-hydroxylation sites is 5. The van der Waals surface area contributed by atoms with Crippen molar-refractivity contribution in [3.8, 4) is 40.2 Å². The van der Waals surface area contributed by atoms with Crippen LogP contribution in [0.3, 0.4) is 0 Å². The van der Waals surface area contributed by atoms with Gasteiger partial charge in [0.05, 0.1) is 23.8 Å². The average Bonchev–Trinajstić information content (AvgIpc) is 0.809. The second-order valence-electron chi connectivity index (χ2n) is 31.2. The molecule has 0 spiro atoms. The molecule has 12 nitrogen and oxygen atoms in total. The lowest BCUT2D eigenvalue weighted by Gasteiger charge is -2.18. The summed E-state index contributed by atoms with van der Waals surface area (Å²) in [5, 5.41) is 47.7. The number of carbonyl (C=O) groups excluding carboxylic acids is 3. The van der Waals surface area contributed by atoms with Gasteiger partial charge in [0.1, 0.15) is 37.1 Å². The number of aryl methyl sites for hydroxylation is 5. The number of hydrogen-bond acceptors (Lipinski definition) is 12. The van der Waals surface area contributed by atoms with E-state index in [9.17, 15) is 29.7 Å². The number of aliphatic hydroxyl groups is 1. The topological polar surface area (TPSA) is 189 Å². The molecule has 8 rings (SSSR count). The quantitative estimate of drug-likeness (QED) is 0.0105. The summed E-state index contributed by atoms with van der Waals surface area (Å²) in [6.45, 7) is 18.3. The summed E-state index contributed by atoms with van der Waals surface area (Å²) in [7, 11) is 0. The zero-order valence-corrected chi connectivity index (χ0v) is 73.5. The van der Waals surface area contributed by atoms with E-state index in [0.717, 1.165) is 83.3 Å². The molecule has 644 valence electrons. The molecule has 0 aromatic heterocycles. The number of rotatable bonds is 54. The molecule has 117 heavy (non-hydrogen) atoms. The predicted octanol–water partition coefficient (Wildman–Crippen LogP) is 29.5. The molecule has 8 aromatic rings. The Kier molecular flexibility index (Phi) is 60.4. The first-order chi connectivity index (χ1) is 57.1. The van der Waals surface area contributed by atoms with Crippen LogP contribution >= 0.6 is 0 Å². The van der Waals surface area contributed by atoms with Crippen molar-refractivity contribution in [2.45, 2.75) is 345 Å². The summed E-state index contributed by atoms with van der Waals surface area (Å²) in [5.41, 5.74) is 10.6. The van der Waals surface area contributed by atoms with E-state index in [1.165, 1.54) is 279 Å². The van der Waals surface area contributed by atoms with Gasteiger partial charge in [-0.1, -0.05) is 410 Å². The van der Waals surface area contributed by atoms with Crippen LogP contribution in [0.5, 0.6) is 40.2 Å². The van der Waals surface area contributed by atoms with Crippen LogP contribution < -0.4 is 14.2 Å². The zero-order chi connectivity index (χ0) is 84.8. The highest BCUT2D eigenvalue weighted by molar-refractivity contribution is 5.81. The number of aromatic hydroxyl groups is 4. The van der Waals surface area contributed by atoms with Crippen molar-refractivity contribution in [1.29, 1.82) is 0 Å². The molecule has 12 heteroatoms. The predicted molar refractivity (Wildman–Crippen MR) is 488 cm³/mol. The Morgan fingerprint density at radius 2 is 0.632 bits per heavy atom. The van der Waals surface area contributed by atoms with Crippen LogP contribution in [-0.2, 0) is 42.2 Å². The minimum absolute atomic E-state index is 0.00260. The highest BCUT2D eigenvalue weighted by atomic mass is 16.5. The van der Waals surface area contributed by atoms with Gasteiger partial charge in [-0.3, -0.25) is 14.4 Å². The lowest BCUT2D eigenvalue weighted by atomic mass is 9.99. The van der Waals surface area contributed by atoms with Crippen LogP contribution in [0.15, 0.2) is 182 Å². The summed E-state index contributed by atoms with van der Waals surface area (Å²) < 4.78 is 22.5. The lowest BCUT2D eigenvalue weighted by Crippen LogP contribution is -2.05. The highest BCUT2D eigenvalue weighted by Crippen LogP contribution is 2.34. The Morgan fingerprint density at radius 3 is 1.02 bits per heavy atom. The molecule has 5 N–H and O–H groups in total. The summed E-state index contributed by atoms with van der Waals surface area (Å²) in [6.07, 6.45) is 55.5. The molecule has 0 amide bonds. The van der Waals surface area contributed by atoms with E-state index in [1.54, 1.807) is 19.1 Å². The smallest absolute Gasteiger partial charge is 0.302 e. The maximum absolute atomic E-state index is 10.9. The lowest BCUT2D eigenvalue weighted by molar-refractivity contribution is -0.140. The van der Waals surface area contributed by atoms with Gasteiger partial charge in [-0.05, 0) is 129 Å². The summed E-state index contributed by atoms with van der Waals surface area (Å²) >= 11 is 0. The van der Waals surface area contributed by atoms with Gasteiger partial charge in [0.2, 0.25) is 0 Å². The van der Waals surface area contributed by atoms with Crippen LogP contribution in [0.4, 0.5) is 0 Å². The van der Waals surface area contributed by atoms with E-state index >= 15 is 0 Å². The second kappa shape index (κ2) is 69.1. The first-order valence-corrected chi connectivity index (χ1v) is 45.1. The first kappa shape index (κ1) is 102. The molecule has 0 radical (unpaired) electrons. The number of carbonyl (C=O) groups is 3. The normalized spacial score (nSPS) is 10.8. The number of ether oxygens (including phenoxy) is 4. The van der Waals surface area contributed by atoms with Crippen LogP contribution in [0, 0.1) is 20.8 Å². The fourth-order valence-corrected chi connectivity index (χ4v) is 14.0. The van der Waals surface area contributed by atoms with Crippen LogP contribution in [-0.4, -0.2) is 50.7 Å². The second-order valence-corrected chi connectivity index (χ2v) is 31.2. The summed E-state index contributed by atoms with van der Waals surface area (Å²) in [6, 6.07) is 58.2. The Bertz CT molecular complexity index is 3740. The molecular weight excluding hydrogens is 1450 g/mol. The number of aldehydes is 2. The van der Waals surface area contributed by atoms with Crippen molar-refractivity contribution in [1.82, 2.24) is 0 Å². The third-order valence-electron chi connectivity index (χ3n) is 21.0. The average molecular weight is 1610 g/mol. The molecule has 1 unspecified atom stereocenters. The number of aliphatic hydroxyl groups excluding tert-OH is 1. The molecular formula is C105H152O12. The van der Waals surface area contributed by atoms with Gasteiger partial charge in [0, 0.05) is 12.5 Å². The molecule has 1 atom stereocenters. The van der Waals surface area contributed by atoms with Gasteiger partial charge in [-0.2, -0.15) is 0 Å². The number of hydrogen-bond donors (Lipinski definition) is 5. The van der Waals surface area contributed by atoms with Crippen LogP contribution in [0.2, 0.25) is 0 Å². The Balaban J connectivity index is 0.000000384. The molecule has 8 aromatic carbocycles. The summed E-state index contributed by atoms with van der Waals surface area (Å²) in [5.74, 6) is 1.83.